The van der Waals surface area contributed by atoms with Gasteiger partial charge in [-0.25, -0.2) is 9.97 Å². The number of esters is 1. The Morgan fingerprint density at radius 2 is 1.89 bits per heavy atom. The summed E-state index contributed by atoms with van der Waals surface area (Å²) in [6.45, 7) is 7.92. The van der Waals surface area contributed by atoms with Crippen molar-refractivity contribution < 1.29 is 14.6 Å². The number of rotatable bonds is 6. The van der Waals surface area contributed by atoms with Gasteiger partial charge in [0.05, 0.1) is 19.1 Å². The highest BCUT2D eigenvalue weighted by Gasteiger charge is 2.13. The minimum Gasteiger partial charge on any atom is -0.466 e. The van der Waals surface area contributed by atoms with Gasteiger partial charge in [0, 0.05) is 17.1 Å². The van der Waals surface area contributed by atoms with Crippen molar-refractivity contribution >= 4 is 17.7 Å². The van der Waals surface area contributed by atoms with E-state index in [0.29, 0.717) is 17.5 Å². The van der Waals surface area contributed by atoms with E-state index in [4.69, 9.17) is 4.74 Å². The molecule has 1 atom stereocenters. The Morgan fingerprint density at radius 3 is 2.42 bits per heavy atom. The molecule has 6 heteroatoms. The summed E-state index contributed by atoms with van der Waals surface area (Å²) in [7, 11) is 0. The third-order valence-electron chi connectivity index (χ3n) is 2.72. The van der Waals surface area contributed by atoms with Crippen molar-refractivity contribution in [2.75, 3.05) is 12.4 Å². The lowest BCUT2D eigenvalue weighted by Gasteiger charge is -2.10. The van der Waals surface area contributed by atoms with Gasteiger partial charge < -0.3 is 9.84 Å². The maximum absolute atomic E-state index is 11.2. The van der Waals surface area contributed by atoms with E-state index in [2.05, 4.69) is 9.97 Å². The maximum atomic E-state index is 11.2. The summed E-state index contributed by atoms with van der Waals surface area (Å²) >= 11 is 1.35. The number of aryl methyl sites for hydroxylation is 2. The van der Waals surface area contributed by atoms with Crippen molar-refractivity contribution in [3.8, 4) is 0 Å². The smallest absolute Gasteiger partial charge is 0.308 e. The van der Waals surface area contributed by atoms with Gasteiger partial charge in [0.1, 0.15) is 0 Å². The number of thioether (sulfide) groups is 1. The topological polar surface area (TPSA) is 72.3 Å². The van der Waals surface area contributed by atoms with Crippen molar-refractivity contribution in [1.29, 1.82) is 0 Å². The van der Waals surface area contributed by atoms with E-state index < -0.39 is 6.10 Å². The predicted octanol–water partition coefficient (Wildman–Crippen LogP) is 1.81. The second-order valence-electron chi connectivity index (χ2n) is 4.28. The van der Waals surface area contributed by atoms with E-state index in [1.807, 2.05) is 20.8 Å². The first-order valence-corrected chi connectivity index (χ1v) is 7.21. The minimum atomic E-state index is -0.741. The number of carbonyl (C=O) groups is 1. The van der Waals surface area contributed by atoms with E-state index >= 15 is 0 Å². The third kappa shape index (κ3) is 5.16. The zero-order valence-electron chi connectivity index (χ0n) is 11.8. The van der Waals surface area contributed by atoms with E-state index in [9.17, 15) is 9.90 Å². The number of aromatic nitrogens is 2. The van der Waals surface area contributed by atoms with E-state index in [0.717, 1.165) is 17.0 Å². The van der Waals surface area contributed by atoms with Gasteiger partial charge in [-0.1, -0.05) is 11.8 Å². The van der Waals surface area contributed by atoms with Crippen molar-refractivity contribution in [3.63, 3.8) is 0 Å². The molecule has 19 heavy (non-hydrogen) atoms. The summed E-state index contributed by atoms with van der Waals surface area (Å²) < 4.78 is 4.78. The summed E-state index contributed by atoms with van der Waals surface area (Å²) in [4.78, 5) is 19.9. The van der Waals surface area contributed by atoms with Gasteiger partial charge in [0.2, 0.25) is 0 Å². The molecule has 1 rings (SSSR count). The van der Waals surface area contributed by atoms with Gasteiger partial charge >= 0.3 is 5.97 Å². The van der Waals surface area contributed by atoms with Gasteiger partial charge in [0.25, 0.3) is 0 Å². The largest absolute Gasteiger partial charge is 0.466 e. The first kappa shape index (κ1) is 15.9. The van der Waals surface area contributed by atoms with Gasteiger partial charge in [-0.15, -0.1) is 0 Å². The quantitative estimate of drug-likeness (QED) is 0.488. The lowest BCUT2D eigenvalue weighted by molar-refractivity contribution is -0.144. The molecule has 1 heterocycles. The van der Waals surface area contributed by atoms with Crippen LogP contribution in [0.4, 0.5) is 0 Å². The van der Waals surface area contributed by atoms with Gasteiger partial charge in [0.15, 0.2) is 5.16 Å². The first-order chi connectivity index (χ1) is 8.93. The molecule has 0 aliphatic heterocycles. The molecule has 1 unspecified atom stereocenters. The van der Waals surface area contributed by atoms with Crippen LogP contribution in [0, 0.1) is 20.8 Å². The van der Waals surface area contributed by atoms with Crippen LogP contribution in [-0.4, -0.2) is 39.5 Å². The summed E-state index contributed by atoms with van der Waals surface area (Å²) in [5, 5.41) is 10.4. The van der Waals surface area contributed by atoms with E-state index in [1.54, 1.807) is 6.92 Å². The standard InChI is InChI=1S/C13H20N2O3S/c1-5-18-12(17)6-11(16)7-19-13-14-9(3)8(2)10(4)15-13/h11,16H,5-7H2,1-4H3. The molecule has 1 aromatic rings. The molecule has 0 aliphatic rings. The van der Waals surface area contributed by atoms with Crippen molar-refractivity contribution in [2.45, 2.75) is 45.4 Å². The Morgan fingerprint density at radius 1 is 1.32 bits per heavy atom. The van der Waals surface area contributed by atoms with Crippen LogP contribution in [0.5, 0.6) is 0 Å². The van der Waals surface area contributed by atoms with Crippen LogP contribution in [0.1, 0.15) is 30.3 Å². The Labute approximate surface area is 117 Å². The fourth-order valence-corrected chi connectivity index (χ4v) is 2.31. The highest BCUT2D eigenvalue weighted by Crippen LogP contribution is 2.18. The van der Waals surface area contributed by atoms with Gasteiger partial charge in [-0.05, 0) is 33.3 Å². The zero-order chi connectivity index (χ0) is 14.4. The fourth-order valence-electron chi connectivity index (χ4n) is 1.45. The van der Waals surface area contributed by atoms with Crippen molar-refractivity contribution in [3.05, 3.63) is 17.0 Å². The average molecular weight is 284 g/mol. The number of aliphatic hydroxyl groups excluding tert-OH is 1. The van der Waals surface area contributed by atoms with Crippen LogP contribution in [0.15, 0.2) is 5.16 Å². The SMILES string of the molecule is CCOC(=O)CC(O)CSc1nc(C)c(C)c(C)n1. The highest BCUT2D eigenvalue weighted by atomic mass is 32.2. The summed E-state index contributed by atoms with van der Waals surface area (Å²) in [6, 6.07) is 0. The number of nitrogens with zero attached hydrogens (tertiary/aromatic N) is 2. The summed E-state index contributed by atoms with van der Waals surface area (Å²) in [6.07, 6.45) is -0.737. The predicted molar refractivity (Wildman–Crippen MR) is 74.2 cm³/mol. The van der Waals surface area contributed by atoms with Crippen molar-refractivity contribution in [2.24, 2.45) is 0 Å². The molecule has 0 bridgehead atoms. The monoisotopic (exact) mass is 284 g/mol. The molecule has 106 valence electrons. The molecule has 5 nitrogen and oxygen atoms in total. The van der Waals surface area contributed by atoms with Crippen LogP contribution in [0.2, 0.25) is 0 Å². The van der Waals surface area contributed by atoms with Crippen LogP contribution < -0.4 is 0 Å². The second kappa shape index (κ2) is 7.45. The number of hydrogen-bond donors (Lipinski definition) is 1. The molecule has 0 aromatic carbocycles. The van der Waals surface area contributed by atoms with Crippen LogP contribution in [0.3, 0.4) is 0 Å². The van der Waals surface area contributed by atoms with Crippen LogP contribution in [0.25, 0.3) is 0 Å². The molecule has 0 radical (unpaired) electrons. The Bertz CT molecular complexity index is 429. The molecule has 0 saturated heterocycles. The normalized spacial score (nSPS) is 12.3. The minimum absolute atomic E-state index is 0.00463. The summed E-state index contributed by atoms with van der Waals surface area (Å²) in [5.41, 5.74) is 2.96. The number of aliphatic hydroxyl groups is 1. The molecular weight excluding hydrogens is 264 g/mol. The molecule has 0 aliphatic carbocycles. The lowest BCUT2D eigenvalue weighted by Crippen LogP contribution is -2.18. The summed E-state index contributed by atoms with van der Waals surface area (Å²) in [5.74, 6) is -0.00593. The number of hydrogen-bond acceptors (Lipinski definition) is 6. The van der Waals surface area contributed by atoms with E-state index in [1.165, 1.54) is 11.8 Å². The first-order valence-electron chi connectivity index (χ1n) is 6.22. The lowest BCUT2D eigenvalue weighted by atomic mass is 10.2. The average Bonchev–Trinajstić information content (AvgIpc) is 2.33. The molecule has 0 spiro atoms. The Hall–Kier alpha value is -1.14. The fraction of sp³-hybridized carbons (Fsp3) is 0.615. The van der Waals surface area contributed by atoms with Crippen LogP contribution in [-0.2, 0) is 9.53 Å². The molecular formula is C13H20N2O3S. The third-order valence-corrected chi connectivity index (χ3v) is 3.72. The second-order valence-corrected chi connectivity index (χ2v) is 5.26. The molecule has 0 fully saturated rings. The van der Waals surface area contributed by atoms with Crippen molar-refractivity contribution in [1.82, 2.24) is 9.97 Å². The molecule has 1 aromatic heterocycles. The maximum Gasteiger partial charge on any atom is 0.308 e. The molecule has 1 N–H and O–H groups in total. The van der Waals surface area contributed by atoms with Gasteiger partial charge in [-0.3, -0.25) is 4.79 Å². The Balaban J connectivity index is 2.50. The zero-order valence-corrected chi connectivity index (χ0v) is 12.6. The molecule has 0 amide bonds. The van der Waals surface area contributed by atoms with Crippen LogP contribution >= 0.6 is 11.8 Å². The number of carbonyl (C=O) groups excluding carboxylic acids is 1. The van der Waals surface area contributed by atoms with Gasteiger partial charge in [-0.2, -0.15) is 0 Å². The van der Waals surface area contributed by atoms with E-state index in [-0.39, 0.29) is 12.4 Å². The molecule has 0 saturated carbocycles. The highest BCUT2D eigenvalue weighted by molar-refractivity contribution is 7.99. The number of ether oxygens (including phenoxy) is 1. The Kier molecular flexibility index (Phi) is 6.24.